The summed E-state index contributed by atoms with van der Waals surface area (Å²) in [6.07, 6.45) is 0.499. The Kier molecular flexibility index (Phi) is 6.38. The number of ether oxygens (including phenoxy) is 1. The second kappa shape index (κ2) is 8.29. The molecular weight excluding hydrogens is 341 g/mol. The van der Waals surface area contributed by atoms with E-state index in [1.807, 2.05) is 0 Å². The number of hydrogen-bond donors (Lipinski definition) is 1. The first-order valence-corrected chi connectivity index (χ1v) is 9.08. The van der Waals surface area contributed by atoms with Crippen molar-refractivity contribution in [2.45, 2.75) is 12.2 Å². The standard InChI is InChI=1S/C16H17ClFNO3S/c17-16-5-2-1-4-13(16)12-23(20,21)19-10-3-11-22-15-8-6-14(18)7-9-15/h1-2,4-9,19H,3,10-12H2. The maximum Gasteiger partial charge on any atom is 0.215 e. The van der Waals surface area contributed by atoms with E-state index in [-0.39, 0.29) is 18.1 Å². The average Bonchev–Trinajstić information content (AvgIpc) is 2.51. The normalized spacial score (nSPS) is 11.4. The van der Waals surface area contributed by atoms with E-state index in [4.69, 9.17) is 16.3 Å². The first-order chi connectivity index (χ1) is 11.0. The maximum absolute atomic E-state index is 12.7. The zero-order valence-electron chi connectivity index (χ0n) is 12.3. The Morgan fingerprint density at radius 3 is 2.48 bits per heavy atom. The molecule has 7 heteroatoms. The van der Waals surface area contributed by atoms with E-state index in [2.05, 4.69) is 4.72 Å². The number of benzene rings is 2. The molecule has 23 heavy (non-hydrogen) atoms. The van der Waals surface area contributed by atoms with Gasteiger partial charge in [-0.25, -0.2) is 17.5 Å². The van der Waals surface area contributed by atoms with Gasteiger partial charge in [-0.2, -0.15) is 0 Å². The van der Waals surface area contributed by atoms with Gasteiger partial charge in [0.15, 0.2) is 0 Å². The minimum absolute atomic E-state index is 0.161. The van der Waals surface area contributed by atoms with Crippen LogP contribution in [-0.2, 0) is 15.8 Å². The van der Waals surface area contributed by atoms with E-state index in [0.29, 0.717) is 29.4 Å². The predicted octanol–water partition coefficient (Wildman–Crippen LogP) is 3.37. The van der Waals surface area contributed by atoms with Crippen molar-refractivity contribution < 1.29 is 17.5 Å². The third-order valence-electron chi connectivity index (χ3n) is 3.03. The monoisotopic (exact) mass is 357 g/mol. The number of hydrogen-bond acceptors (Lipinski definition) is 3. The largest absolute Gasteiger partial charge is 0.494 e. The third-order valence-corrected chi connectivity index (χ3v) is 4.73. The molecule has 0 fully saturated rings. The van der Waals surface area contributed by atoms with Gasteiger partial charge in [0, 0.05) is 11.6 Å². The summed E-state index contributed by atoms with van der Waals surface area (Å²) in [7, 11) is -3.45. The van der Waals surface area contributed by atoms with E-state index < -0.39 is 10.0 Å². The first kappa shape index (κ1) is 17.7. The third kappa shape index (κ3) is 6.17. The quantitative estimate of drug-likeness (QED) is 0.737. The van der Waals surface area contributed by atoms with Crippen LogP contribution in [0.4, 0.5) is 4.39 Å². The molecule has 0 atom stereocenters. The van der Waals surface area contributed by atoms with Crippen molar-refractivity contribution in [2.75, 3.05) is 13.2 Å². The molecule has 0 amide bonds. The molecule has 2 aromatic rings. The van der Waals surface area contributed by atoms with Crippen LogP contribution >= 0.6 is 11.6 Å². The van der Waals surface area contributed by atoms with Crippen LogP contribution in [0.2, 0.25) is 5.02 Å². The van der Waals surface area contributed by atoms with Gasteiger partial charge in [0.2, 0.25) is 10.0 Å². The summed E-state index contributed by atoms with van der Waals surface area (Å²) in [5.74, 6) is 0.0564. The highest BCUT2D eigenvalue weighted by molar-refractivity contribution is 7.88. The Hall–Kier alpha value is -1.63. The average molecular weight is 358 g/mol. The molecule has 4 nitrogen and oxygen atoms in total. The van der Waals surface area contributed by atoms with Gasteiger partial charge in [-0.15, -0.1) is 0 Å². The van der Waals surface area contributed by atoms with Crippen LogP contribution in [0.5, 0.6) is 5.75 Å². The van der Waals surface area contributed by atoms with Gasteiger partial charge >= 0.3 is 0 Å². The molecule has 0 heterocycles. The summed E-state index contributed by atoms with van der Waals surface area (Å²) in [5, 5.41) is 0.428. The summed E-state index contributed by atoms with van der Waals surface area (Å²) < 4.78 is 44.6. The lowest BCUT2D eigenvalue weighted by Crippen LogP contribution is -2.27. The van der Waals surface area contributed by atoms with Gasteiger partial charge in [0.25, 0.3) is 0 Å². The van der Waals surface area contributed by atoms with Crippen LogP contribution in [0.3, 0.4) is 0 Å². The van der Waals surface area contributed by atoms with Crippen molar-refractivity contribution in [1.82, 2.24) is 4.72 Å². The molecule has 0 unspecified atom stereocenters. The fourth-order valence-electron chi connectivity index (χ4n) is 1.89. The molecule has 0 saturated heterocycles. The van der Waals surface area contributed by atoms with Crippen molar-refractivity contribution in [1.29, 1.82) is 0 Å². The number of rotatable bonds is 8. The smallest absolute Gasteiger partial charge is 0.215 e. The zero-order chi connectivity index (χ0) is 16.7. The Labute approximate surface area is 140 Å². The number of sulfonamides is 1. The molecule has 0 aliphatic heterocycles. The summed E-state index contributed by atoms with van der Waals surface area (Å²) in [4.78, 5) is 0. The van der Waals surface area contributed by atoms with Crippen LogP contribution in [0, 0.1) is 5.82 Å². The fraction of sp³-hybridized carbons (Fsp3) is 0.250. The maximum atomic E-state index is 12.7. The summed E-state index contributed by atoms with van der Waals surface area (Å²) >= 11 is 5.95. The van der Waals surface area contributed by atoms with E-state index in [1.165, 1.54) is 24.3 Å². The minimum atomic E-state index is -3.45. The molecule has 0 bridgehead atoms. The molecule has 2 aromatic carbocycles. The molecule has 0 spiro atoms. The van der Waals surface area contributed by atoms with Gasteiger partial charge in [-0.05, 0) is 42.3 Å². The minimum Gasteiger partial charge on any atom is -0.494 e. The van der Waals surface area contributed by atoms with Crippen molar-refractivity contribution in [3.05, 3.63) is 64.9 Å². The Morgan fingerprint density at radius 2 is 1.78 bits per heavy atom. The molecule has 1 N–H and O–H groups in total. The van der Waals surface area contributed by atoms with Crippen molar-refractivity contribution in [2.24, 2.45) is 0 Å². The molecule has 0 aliphatic rings. The Morgan fingerprint density at radius 1 is 1.09 bits per heavy atom. The summed E-state index contributed by atoms with van der Waals surface area (Å²) in [6.45, 7) is 0.591. The van der Waals surface area contributed by atoms with E-state index >= 15 is 0 Å². The van der Waals surface area contributed by atoms with Crippen LogP contribution in [0.25, 0.3) is 0 Å². The van der Waals surface area contributed by atoms with E-state index in [1.54, 1.807) is 24.3 Å². The van der Waals surface area contributed by atoms with Gasteiger partial charge in [-0.3, -0.25) is 0 Å². The van der Waals surface area contributed by atoms with Gasteiger partial charge in [0.05, 0.1) is 12.4 Å². The second-order valence-corrected chi connectivity index (χ2v) is 7.11. The van der Waals surface area contributed by atoms with Crippen LogP contribution in [0.1, 0.15) is 12.0 Å². The molecule has 0 radical (unpaired) electrons. The van der Waals surface area contributed by atoms with Crippen LogP contribution in [0.15, 0.2) is 48.5 Å². The van der Waals surface area contributed by atoms with Gasteiger partial charge in [-0.1, -0.05) is 29.8 Å². The van der Waals surface area contributed by atoms with Gasteiger partial charge in [0.1, 0.15) is 11.6 Å². The lowest BCUT2D eigenvalue weighted by molar-refractivity contribution is 0.311. The highest BCUT2D eigenvalue weighted by Crippen LogP contribution is 2.17. The highest BCUT2D eigenvalue weighted by atomic mass is 35.5. The zero-order valence-corrected chi connectivity index (χ0v) is 13.9. The van der Waals surface area contributed by atoms with Crippen LogP contribution in [-0.4, -0.2) is 21.6 Å². The summed E-state index contributed by atoms with van der Waals surface area (Å²) in [5.41, 5.74) is 0.559. The van der Waals surface area contributed by atoms with Crippen molar-refractivity contribution >= 4 is 21.6 Å². The molecule has 0 aliphatic carbocycles. The van der Waals surface area contributed by atoms with Gasteiger partial charge < -0.3 is 4.74 Å². The number of halogens is 2. The van der Waals surface area contributed by atoms with E-state index in [9.17, 15) is 12.8 Å². The Bertz CT molecular complexity index is 735. The SMILES string of the molecule is O=S(=O)(Cc1ccccc1Cl)NCCCOc1ccc(F)cc1. The second-order valence-electron chi connectivity index (χ2n) is 4.90. The van der Waals surface area contributed by atoms with Crippen molar-refractivity contribution in [3.63, 3.8) is 0 Å². The lowest BCUT2D eigenvalue weighted by Gasteiger charge is -2.09. The van der Waals surface area contributed by atoms with E-state index in [0.717, 1.165) is 0 Å². The lowest BCUT2D eigenvalue weighted by atomic mass is 10.2. The predicted molar refractivity (Wildman–Crippen MR) is 88.6 cm³/mol. The van der Waals surface area contributed by atoms with Crippen LogP contribution < -0.4 is 9.46 Å². The molecular formula is C16H17ClFNO3S. The molecule has 0 aromatic heterocycles. The molecule has 124 valence electrons. The number of nitrogens with one attached hydrogen (secondary N) is 1. The molecule has 2 rings (SSSR count). The topological polar surface area (TPSA) is 55.4 Å². The highest BCUT2D eigenvalue weighted by Gasteiger charge is 2.12. The molecule has 0 saturated carbocycles. The first-order valence-electron chi connectivity index (χ1n) is 7.05. The fourth-order valence-corrected chi connectivity index (χ4v) is 3.39. The summed E-state index contributed by atoms with van der Waals surface area (Å²) in [6, 6.07) is 12.5. The van der Waals surface area contributed by atoms with Crippen molar-refractivity contribution in [3.8, 4) is 5.75 Å². The Balaban J connectivity index is 1.72.